The molecule has 0 aliphatic heterocycles. The van der Waals surface area contributed by atoms with Gasteiger partial charge < -0.3 is 32.7 Å². The quantitative estimate of drug-likeness (QED) is 0.102. The molecule has 44 heavy (non-hydrogen) atoms. The number of hydrogen-bond acceptors (Lipinski definition) is 9. The molecule has 2 heterocycles. The van der Waals surface area contributed by atoms with Crippen LogP contribution >= 0.6 is 0 Å². The Kier molecular flexibility index (Phi) is 29.6. The van der Waals surface area contributed by atoms with E-state index in [4.69, 9.17) is 28.2 Å². The van der Waals surface area contributed by atoms with Crippen molar-refractivity contribution in [3.05, 3.63) is 96.7 Å². The molecule has 0 spiro atoms. The Hall–Kier alpha value is -3.66. The van der Waals surface area contributed by atoms with Gasteiger partial charge in [-0.3, -0.25) is 0 Å². The second kappa shape index (κ2) is 32.3. The van der Waals surface area contributed by atoms with Crippen LogP contribution in [0.5, 0.6) is 11.5 Å². The fourth-order valence-corrected chi connectivity index (χ4v) is 3.12. The van der Waals surface area contributed by atoms with Gasteiger partial charge in [0.15, 0.2) is 0 Å². The maximum Gasteiger partial charge on any atom is 0.124 e. The third-order valence-corrected chi connectivity index (χ3v) is 5.04. The Morgan fingerprint density at radius 3 is 1.39 bits per heavy atom. The molecule has 9 nitrogen and oxygen atoms in total. The maximum atomic E-state index is 5.61. The van der Waals surface area contributed by atoms with E-state index in [1.165, 1.54) is 6.26 Å². The highest BCUT2D eigenvalue weighted by Crippen LogP contribution is 2.10. The summed E-state index contributed by atoms with van der Waals surface area (Å²) < 4.78 is 36.7. The van der Waals surface area contributed by atoms with Crippen LogP contribution in [0.3, 0.4) is 0 Å². The Labute approximate surface area is 264 Å². The van der Waals surface area contributed by atoms with E-state index in [1.54, 1.807) is 12.3 Å². The van der Waals surface area contributed by atoms with Crippen molar-refractivity contribution < 1.29 is 32.7 Å². The van der Waals surface area contributed by atoms with Crippen molar-refractivity contribution in [2.24, 2.45) is 0 Å². The number of unbranched alkanes of at least 4 members (excludes halogenated alkanes) is 2. The largest absolute Gasteiger partial charge is 0.494 e. The molecule has 0 fully saturated rings. The molecule has 0 N–H and O–H groups in total. The molecular weight excluding hydrogens is 560 g/mol. The van der Waals surface area contributed by atoms with Gasteiger partial charge in [0.25, 0.3) is 0 Å². The normalized spacial score (nSPS) is 9.50. The first-order valence-corrected chi connectivity index (χ1v) is 15.8. The standard InChI is InChI=1S/C15H19NO3.C14H17NO4.3C2H6/c1-3-7-15(8-4-1)18-11-6-2-5-10-17-13-14-9-12-19-16-14;1-2-4-14(5-3-1)18-11-10-16-8-9-17-12-13-6-7-19-15-13;3*1-2/h1,3-4,7-9,12H,2,5-6,10-11,13H2;1-7H,8-12H2;3*1-2H3. The third-order valence-electron chi connectivity index (χ3n) is 5.04. The summed E-state index contributed by atoms with van der Waals surface area (Å²) in [7, 11) is 0. The van der Waals surface area contributed by atoms with Gasteiger partial charge in [0.1, 0.15) is 42.0 Å². The number of hydrogen-bond donors (Lipinski definition) is 0. The van der Waals surface area contributed by atoms with Gasteiger partial charge in [0.05, 0.1) is 39.6 Å². The Bertz CT molecular complexity index is 946. The van der Waals surface area contributed by atoms with Crippen molar-refractivity contribution in [1.82, 2.24) is 10.3 Å². The Balaban J connectivity index is 0.000000719. The molecule has 0 aliphatic carbocycles. The zero-order chi connectivity index (χ0) is 32.4. The summed E-state index contributed by atoms with van der Waals surface area (Å²) >= 11 is 0. The zero-order valence-electron chi connectivity index (χ0n) is 27.6. The van der Waals surface area contributed by atoms with Crippen LogP contribution in [0, 0.1) is 0 Å². The van der Waals surface area contributed by atoms with Crippen molar-refractivity contribution >= 4 is 0 Å². The van der Waals surface area contributed by atoms with E-state index in [2.05, 4.69) is 14.8 Å². The molecule has 2 aromatic carbocycles. The van der Waals surface area contributed by atoms with Crippen LogP contribution < -0.4 is 9.47 Å². The van der Waals surface area contributed by atoms with Gasteiger partial charge in [-0.05, 0) is 43.5 Å². The van der Waals surface area contributed by atoms with E-state index in [-0.39, 0.29) is 0 Å². The number of benzene rings is 2. The van der Waals surface area contributed by atoms with Crippen molar-refractivity contribution in [1.29, 1.82) is 0 Å². The molecule has 0 radical (unpaired) electrons. The summed E-state index contributed by atoms with van der Waals surface area (Å²) in [4.78, 5) is 0. The summed E-state index contributed by atoms with van der Waals surface area (Å²) in [6.07, 6.45) is 6.26. The first-order valence-electron chi connectivity index (χ1n) is 15.8. The van der Waals surface area contributed by atoms with Crippen LogP contribution in [0.25, 0.3) is 0 Å². The monoisotopic (exact) mass is 614 g/mol. The number of ether oxygens (including phenoxy) is 5. The molecule has 0 amide bonds. The number of rotatable bonds is 18. The maximum absolute atomic E-state index is 5.61. The molecule has 0 saturated carbocycles. The summed E-state index contributed by atoms with van der Waals surface area (Å²) in [5.74, 6) is 1.79. The molecule has 246 valence electrons. The van der Waals surface area contributed by atoms with Crippen LogP contribution in [-0.2, 0) is 27.4 Å². The van der Waals surface area contributed by atoms with E-state index in [0.717, 1.165) is 55.4 Å². The average Bonchev–Trinajstić information content (AvgIpc) is 3.83. The molecule has 2 aromatic heterocycles. The van der Waals surface area contributed by atoms with E-state index in [0.29, 0.717) is 39.6 Å². The van der Waals surface area contributed by atoms with Crippen LogP contribution in [0.2, 0.25) is 0 Å². The average molecular weight is 615 g/mol. The smallest absolute Gasteiger partial charge is 0.124 e. The van der Waals surface area contributed by atoms with Crippen molar-refractivity contribution in [3.63, 3.8) is 0 Å². The van der Waals surface area contributed by atoms with Gasteiger partial charge >= 0.3 is 0 Å². The van der Waals surface area contributed by atoms with Crippen LogP contribution in [0.15, 0.2) is 94.4 Å². The molecule has 0 unspecified atom stereocenters. The van der Waals surface area contributed by atoms with Gasteiger partial charge in [-0.15, -0.1) is 0 Å². The van der Waals surface area contributed by atoms with Crippen molar-refractivity contribution in [2.75, 3.05) is 39.6 Å². The molecule has 9 heteroatoms. The topological polar surface area (TPSA) is 98.2 Å². The lowest BCUT2D eigenvalue weighted by Gasteiger charge is -2.07. The first-order chi connectivity index (χ1) is 21.9. The zero-order valence-corrected chi connectivity index (χ0v) is 27.6. The fraction of sp³-hybridized carbons (Fsp3) is 0.486. The SMILES string of the molecule is CC.CC.CC.c1ccc(OCCCCCOCc2ccon2)cc1.c1ccc(OCCOCCOCc2ccon2)cc1. The molecular formula is C35H54N2O7. The van der Waals surface area contributed by atoms with Crippen LogP contribution in [-0.4, -0.2) is 50.0 Å². The highest BCUT2D eigenvalue weighted by atomic mass is 16.5. The molecule has 0 aliphatic rings. The van der Waals surface area contributed by atoms with Gasteiger partial charge in [0.2, 0.25) is 0 Å². The lowest BCUT2D eigenvalue weighted by Crippen LogP contribution is -2.10. The summed E-state index contributed by atoms with van der Waals surface area (Å²) in [5, 5.41) is 7.51. The van der Waals surface area contributed by atoms with Crippen LogP contribution in [0.4, 0.5) is 0 Å². The molecule has 0 atom stereocenters. The van der Waals surface area contributed by atoms with Gasteiger partial charge in [0, 0.05) is 18.7 Å². The number of nitrogens with zero attached hydrogens (tertiary/aromatic N) is 2. The second-order valence-corrected chi connectivity index (χ2v) is 8.08. The minimum Gasteiger partial charge on any atom is -0.494 e. The van der Waals surface area contributed by atoms with E-state index < -0.39 is 0 Å². The van der Waals surface area contributed by atoms with E-state index in [1.807, 2.05) is 108 Å². The predicted octanol–water partition coefficient (Wildman–Crippen LogP) is 8.81. The summed E-state index contributed by atoms with van der Waals surface area (Å²) in [6, 6.07) is 23.1. The fourth-order valence-electron chi connectivity index (χ4n) is 3.12. The van der Waals surface area contributed by atoms with Crippen molar-refractivity contribution in [2.45, 2.75) is 74.0 Å². The minimum atomic E-state index is 0.445. The Morgan fingerprint density at radius 1 is 0.455 bits per heavy atom. The first kappa shape index (κ1) is 40.3. The highest BCUT2D eigenvalue weighted by Gasteiger charge is 1.98. The third kappa shape index (κ3) is 22.9. The van der Waals surface area contributed by atoms with E-state index in [9.17, 15) is 0 Å². The lowest BCUT2D eigenvalue weighted by atomic mass is 10.2. The molecule has 4 rings (SSSR count). The molecule has 0 bridgehead atoms. The Morgan fingerprint density at radius 2 is 0.886 bits per heavy atom. The van der Waals surface area contributed by atoms with Crippen molar-refractivity contribution in [3.8, 4) is 11.5 Å². The lowest BCUT2D eigenvalue weighted by molar-refractivity contribution is 0.0288. The number of para-hydroxylation sites is 2. The summed E-state index contributed by atoms with van der Waals surface area (Å²) in [5.41, 5.74) is 1.62. The second-order valence-electron chi connectivity index (χ2n) is 8.08. The van der Waals surface area contributed by atoms with Crippen LogP contribution in [0.1, 0.15) is 72.2 Å². The molecule has 0 saturated heterocycles. The number of aromatic nitrogens is 2. The van der Waals surface area contributed by atoms with Gasteiger partial charge in [-0.1, -0.05) is 88.3 Å². The van der Waals surface area contributed by atoms with Gasteiger partial charge in [-0.2, -0.15) is 0 Å². The van der Waals surface area contributed by atoms with Gasteiger partial charge in [-0.25, -0.2) is 0 Å². The minimum absolute atomic E-state index is 0.445. The van der Waals surface area contributed by atoms with E-state index >= 15 is 0 Å². The molecule has 4 aromatic rings. The summed E-state index contributed by atoms with van der Waals surface area (Å²) in [6.45, 7) is 16.6. The predicted molar refractivity (Wildman–Crippen MR) is 175 cm³/mol. The highest BCUT2D eigenvalue weighted by molar-refractivity contribution is 5.21.